The van der Waals surface area contributed by atoms with E-state index in [1.54, 1.807) is 6.92 Å². The highest BCUT2D eigenvalue weighted by Gasteiger charge is 2.29. The summed E-state index contributed by atoms with van der Waals surface area (Å²) in [5.41, 5.74) is 5.81. The zero-order chi connectivity index (χ0) is 13.0. The van der Waals surface area contributed by atoms with Crippen LogP contribution in [0.4, 0.5) is 5.69 Å². The number of aromatic nitrogens is 1. The van der Waals surface area contributed by atoms with Crippen LogP contribution in [0.15, 0.2) is 12.3 Å². The molecule has 0 saturated carbocycles. The Labute approximate surface area is 103 Å². The third-order valence-corrected chi connectivity index (χ3v) is 2.35. The van der Waals surface area contributed by atoms with E-state index in [2.05, 4.69) is 9.72 Å². The number of ether oxygens (including phenoxy) is 1. The molecule has 0 spiro atoms. The number of halogens is 1. The average molecular weight is 261 g/mol. The summed E-state index contributed by atoms with van der Waals surface area (Å²) in [6.07, 6.45) is -1.96. The molecule has 94 valence electrons. The van der Waals surface area contributed by atoms with E-state index in [0.29, 0.717) is 0 Å². The zero-order valence-electron chi connectivity index (χ0n) is 9.13. The molecular weight excluding hydrogens is 248 g/mol. The zero-order valence-corrected chi connectivity index (χ0v) is 9.89. The number of nitrogen functional groups attached to an aromatic ring is 1. The summed E-state index contributed by atoms with van der Waals surface area (Å²) in [6.45, 7) is 1.69. The molecule has 4 N–H and O–H groups in total. The molecule has 2 unspecified atom stereocenters. The predicted octanol–water partition coefficient (Wildman–Crippen LogP) is 0.275. The van der Waals surface area contributed by atoms with Gasteiger partial charge in [-0.2, -0.15) is 0 Å². The molecule has 0 aromatic carbocycles. The van der Waals surface area contributed by atoms with Gasteiger partial charge in [0.15, 0.2) is 6.10 Å². The van der Waals surface area contributed by atoms with Crippen LogP contribution in [0, 0.1) is 0 Å². The largest absolute Gasteiger partial charge is 0.464 e. The first-order valence-electron chi connectivity index (χ1n) is 4.91. The first-order chi connectivity index (χ1) is 7.97. The summed E-state index contributed by atoms with van der Waals surface area (Å²) in [7, 11) is 0. The summed E-state index contributed by atoms with van der Waals surface area (Å²) in [5, 5.41) is 19.3. The molecule has 7 heteroatoms. The van der Waals surface area contributed by atoms with Crippen LogP contribution in [-0.2, 0) is 9.53 Å². The predicted molar refractivity (Wildman–Crippen MR) is 61.3 cm³/mol. The molecule has 0 aliphatic carbocycles. The van der Waals surface area contributed by atoms with Crippen LogP contribution in [0.25, 0.3) is 0 Å². The lowest BCUT2D eigenvalue weighted by Crippen LogP contribution is -2.30. The van der Waals surface area contributed by atoms with Crippen molar-refractivity contribution in [2.24, 2.45) is 0 Å². The Bertz CT molecular complexity index is 413. The summed E-state index contributed by atoms with van der Waals surface area (Å²) in [4.78, 5) is 14.9. The SMILES string of the molecule is CCOC(=O)C(O)C(O)c1cc(N)cnc1Cl. The highest BCUT2D eigenvalue weighted by atomic mass is 35.5. The van der Waals surface area contributed by atoms with Gasteiger partial charge in [-0.05, 0) is 13.0 Å². The number of anilines is 1. The van der Waals surface area contributed by atoms with Crippen LogP contribution >= 0.6 is 11.6 Å². The van der Waals surface area contributed by atoms with E-state index in [1.807, 2.05) is 0 Å². The summed E-state index contributed by atoms with van der Waals surface area (Å²) < 4.78 is 4.57. The second kappa shape index (κ2) is 5.81. The van der Waals surface area contributed by atoms with Gasteiger partial charge < -0.3 is 20.7 Å². The average Bonchev–Trinajstić information content (AvgIpc) is 2.30. The number of pyridine rings is 1. The van der Waals surface area contributed by atoms with Crippen molar-refractivity contribution in [2.75, 3.05) is 12.3 Å². The highest BCUT2D eigenvalue weighted by molar-refractivity contribution is 6.30. The first kappa shape index (κ1) is 13.7. The topological polar surface area (TPSA) is 106 Å². The normalized spacial score (nSPS) is 14.1. The van der Waals surface area contributed by atoms with Crippen molar-refractivity contribution >= 4 is 23.3 Å². The molecule has 1 rings (SSSR count). The van der Waals surface area contributed by atoms with E-state index >= 15 is 0 Å². The van der Waals surface area contributed by atoms with Gasteiger partial charge in [-0.25, -0.2) is 9.78 Å². The number of hydrogen-bond donors (Lipinski definition) is 3. The molecule has 0 fully saturated rings. The van der Waals surface area contributed by atoms with Crippen molar-refractivity contribution in [1.82, 2.24) is 4.98 Å². The van der Waals surface area contributed by atoms with E-state index in [9.17, 15) is 15.0 Å². The molecule has 0 aliphatic heterocycles. The molecule has 0 aliphatic rings. The third kappa shape index (κ3) is 3.29. The maximum absolute atomic E-state index is 11.2. The molecule has 0 amide bonds. The summed E-state index contributed by atoms with van der Waals surface area (Å²) in [6, 6.07) is 1.34. The summed E-state index contributed by atoms with van der Waals surface area (Å²) >= 11 is 5.73. The molecule has 1 aromatic heterocycles. The number of aliphatic hydroxyl groups excluding tert-OH is 2. The minimum atomic E-state index is -1.73. The number of nitrogens with zero attached hydrogens (tertiary/aromatic N) is 1. The van der Waals surface area contributed by atoms with Crippen molar-refractivity contribution in [3.05, 3.63) is 23.0 Å². The quantitative estimate of drug-likeness (QED) is 0.530. The van der Waals surface area contributed by atoms with Gasteiger partial charge >= 0.3 is 5.97 Å². The van der Waals surface area contributed by atoms with E-state index in [4.69, 9.17) is 17.3 Å². The standard InChI is InChI=1S/C10H13ClN2O4/c1-2-17-10(16)8(15)7(14)6-3-5(12)4-13-9(6)11/h3-4,7-8,14-15H,2,12H2,1H3. The van der Waals surface area contributed by atoms with E-state index in [-0.39, 0.29) is 23.0 Å². The number of aliphatic hydroxyl groups is 2. The smallest absolute Gasteiger partial charge is 0.338 e. The number of nitrogens with two attached hydrogens (primary N) is 1. The van der Waals surface area contributed by atoms with Crippen molar-refractivity contribution in [3.8, 4) is 0 Å². The molecule has 0 saturated heterocycles. The minimum absolute atomic E-state index is 0.0324. The van der Waals surface area contributed by atoms with Gasteiger partial charge in [0.1, 0.15) is 11.3 Å². The van der Waals surface area contributed by atoms with Crippen LogP contribution in [-0.4, -0.2) is 33.9 Å². The Morgan fingerprint density at radius 2 is 2.29 bits per heavy atom. The van der Waals surface area contributed by atoms with Gasteiger partial charge in [0.25, 0.3) is 0 Å². The Hall–Kier alpha value is -1.37. The number of rotatable bonds is 4. The summed E-state index contributed by atoms with van der Waals surface area (Å²) in [5.74, 6) is -0.932. The second-order valence-electron chi connectivity index (χ2n) is 3.29. The lowest BCUT2D eigenvalue weighted by Gasteiger charge is -2.17. The molecule has 0 bridgehead atoms. The molecule has 1 aromatic rings. The lowest BCUT2D eigenvalue weighted by atomic mass is 10.1. The molecule has 6 nitrogen and oxygen atoms in total. The van der Waals surface area contributed by atoms with Crippen molar-refractivity contribution in [3.63, 3.8) is 0 Å². The van der Waals surface area contributed by atoms with Gasteiger partial charge in [-0.15, -0.1) is 0 Å². The Morgan fingerprint density at radius 1 is 1.65 bits per heavy atom. The van der Waals surface area contributed by atoms with Crippen LogP contribution in [0.2, 0.25) is 5.15 Å². The molecule has 1 heterocycles. The number of carbonyl (C=O) groups is 1. The third-order valence-electron chi connectivity index (χ3n) is 2.03. The van der Waals surface area contributed by atoms with E-state index in [1.165, 1.54) is 12.3 Å². The lowest BCUT2D eigenvalue weighted by molar-refractivity contribution is -0.159. The van der Waals surface area contributed by atoms with E-state index < -0.39 is 18.2 Å². The monoisotopic (exact) mass is 260 g/mol. The fourth-order valence-electron chi connectivity index (χ4n) is 1.22. The number of hydrogen-bond acceptors (Lipinski definition) is 6. The van der Waals surface area contributed by atoms with E-state index in [0.717, 1.165) is 0 Å². The second-order valence-corrected chi connectivity index (χ2v) is 3.65. The van der Waals surface area contributed by atoms with Crippen molar-refractivity contribution in [1.29, 1.82) is 0 Å². The number of esters is 1. The van der Waals surface area contributed by atoms with Gasteiger partial charge in [-0.1, -0.05) is 11.6 Å². The molecule has 17 heavy (non-hydrogen) atoms. The first-order valence-corrected chi connectivity index (χ1v) is 5.28. The van der Waals surface area contributed by atoms with Gasteiger partial charge in [0.2, 0.25) is 0 Å². The maximum atomic E-state index is 11.2. The van der Waals surface area contributed by atoms with Crippen LogP contribution in [0.5, 0.6) is 0 Å². The maximum Gasteiger partial charge on any atom is 0.338 e. The molecular formula is C10H13ClN2O4. The molecule has 2 atom stereocenters. The highest BCUT2D eigenvalue weighted by Crippen LogP contribution is 2.25. The fraction of sp³-hybridized carbons (Fsp3) is 0.400. The van der Waals surface area contributed by atoms with Gasteiger partial charge in [0.05, 0.1) is 18.5 Å². The Balaban J connectivity index is 2.91. The Morgan fingerprint density at radius 3 is 2.88 bits per heavy atom. The minimum Gasteiger partial charge on any atom is -0.464 e. The van der Waals surface area contributed by atoms with Gasteiger partial charge in [-0.3, -0.25) is 0 Å². The molecule has 0 radical (unpaired) electrons. The van der Waals surface area contributed by atoms with Crippen LogP contribution < -0.4 is 5.73 Å². The van der Waals surface area contributed by atoms with Crippen LogP contribution in [0.3, 0.4) is 0 Å². The fourth-order valence-corrected chi connectivity index (χ4v) is 1.43. The van der Waals surface area contributed by atoms with Crippen molar-refractivity contribution < 1.29 is 19.7 Å². The van der Waals surface area contributed by atoms with Crippen molar-refractivity contribution in [2.45, 2.75) is 19.1 Å². The van der Waals surface area contributed by atoms with Crippen LogP contribution in [0.1, 0.15) is 18.6 Å². The Kier molecular flexibility index (Phi) is 4.68. The van der Waals surface area contributed by atoms with Gasteiger partial charge in [0, 0.05) is 5.56 Å². The number of carbonyl (C=O) groups excluding carboxylic acids is 1.